The first-order chi connectivity index (χ1) is 12.4. The van der Waals surface area contributed by atoms with Crippen LogP contribution >= 0.6 is 0 Å². The molecule has 0 aromatic heterocycles. The second-order valence-corrected chi connectivity index (χ2v) is 7.29. The van der Waals surface area contributed by atoms with E-state index in [1.54, 1.807) is 13.8 Å². The number of methoxy groups -OCH3 is 1. The molecule has 1 aliphatic rings. The Bertz CT molecular complexity index is 683. The lowest BCUT2D eigenvalue weighted by atomic mass is 9.70. The molecular weight excluding hydrogens is 370 g/mol. The Morgan fingerprint density at radius 2 is 1.96 bits per heavy atom. The van der Waals surface area contributed by atoms with Gasteiger partial charge in [0.2, 0.25) is 0 Å². The molecule has 1 heterocycles. The summed E-state index contributed by atoms with van der Waals surface area (Å²) in [4.78, 5) is 14.2. The molecular formula is C18H23F4NO4. The maximum absolute atomic E-state index is 13.3. The predicted octanol–water partition coefficient (Wildman–Crippen LogP) is 3.17. The van der Waals surface area contributed by atoms with Crippen molar-refractivity contribution in [1.29, 1.82) is 0 Å². The Morgan fingerprint density at radius 1 is 1.33 bits per heavy atom. The van der Waals surface area contributed by atoms with Crippen molar-refractivity contribution in [2.45, 2.75) is 38.4 Å². The summed E-state index contributed by atoms with van der Waals surface area (Å²) in [6, 6.07) is 5.02. The van der Waals surface area contributed by atoms with Crippen LogP contribution in [0.3, 0.4) is 0 Å². The zero-order valence-corrected chi connectivity index (χ0v) is 15.3. The number of halogens is 4. The first kappa shape index (κ1) is 21.4. The Hall–Kier alpha value is -1.87. The van der Waals surface area contributed by atoms with Gasteiger partial charge in [-0.05, 0) is 18.6 Å². The Kier molecular flexibility index (Phi) is 6.06. The van der Waals surface area contributed by atoms with Crippen molar-refractivity contribution in [3.63, 3.8) is 0 Å². The van der Waals surface area contributed by atoms with Crippen LogP contribution in [0.4, 0.5) is 17.6 Å². The molecule has 2 rings (SSSR count). The molecule has 9 heteroatoms. The molecule has 0 radical (unpaired) electrons. The van der Waals surface area contributed by atoms with Gasteiger partial charge in [0.05, 0.1) is 17.8 Å². The van der Waals surface area contributed by atoms with Gasteiger partial charge in [0.15, 0.2) is 0 Å². The van der Waals surface area contributed by atoms with E-state index < -0.39 is 35.2 Å². The molecule has 1 aromatic rings. The van der Waals surface area contributed by atoms with E-state index in [4.69, 9.17) is 4.74 Å². The second kappa shape index (κ2) is 7.63. The van der Waals surface area contributed by atoms with Gasteiger partial charge in [-0.1, -0.05) is 26.0 Å². The van der Waals surface area contributed by atoms with Crippen molar-refractivity contribution in [3.05, 3.63) is 29.8 Å². The molecule has 0 aliphatic carbocycles. The van der Waals surface area contributed by atoms with E-state index >= 15 is 0 Å². The van der Waals surface area contributed by atoms with Gasteiger partial charge < -0.3 is 19.5 Å². The molecule has 5 nitrogen and oxygen atoms in total. The molecule has 152 valence electrons. The number of para-hydroxylation sites is 1. The van der Waals surface area contributed by atoms with Crippen LogP contribution in [0.15, 0.2) is 24.3 Å². The van der Waals surface area contributed by atoms with Crippen molar-refractivity contribution in [2.75, 3.05) is 26.8 Å². The maximum atomic E-state index is 13.3. The minimum absolute atomic E-state index is 0.0857. The predicted molar refractivity (Wildman–Crippen MR) is 89.1 cm³/mol. The number of benzene rings is 1. The Morgan fingerprint density at radius 3 is 2.52 bits per heavy atom. The van der Waals surface area contributed by atoms with Gasteiger partial charge in [-0.3, -0.25) is 4.79 Å². The summed E-state index contributed by atoms with van der Waals surface area (Å²) in [6.07, 6.45) is -8.52. The molecule has 0 saturated carbocycles. The van der Waals surface area contributed by atoms with Crippen LogP contribution in [0.5, 0.6) is 5.75 Å². The molecule has 1 fully saturated rings. The molecule has 0 spiro atoms. The van der Waals surface area contributed by atoms with Crippen LogP contribution < -0.4 is 4.74 Å². The van der Waals surface area contributed by atoms with Gasteiger partial charge in [-0.25, -0.2) is 0 Å². The molecule has 27 heavy (non-hydrogen) atoms. The van der Waals surface area contributed by atoms with Gasteiger partial charge in [-0.2, -0.15) is 17.6 Å². The number of amides is 1. The largest absolute Gasteiger partial charge is 0.461 e. The highest BCUT2D eigenvalue weighted by Gasteiger charge is 2.49. The Balaban J connectivity index is 2.25. The van der Waals surface area contributed by atoms with E-state index in [2.05, 4.69) is 4.74 Å². The van der Waals surface area contributed by atoms with Crippen molar-refractivity contribution in [3.8, 4) is 5.75 Å². The standard InChI is InChI=1S/C18H23F4NO4/c1-16(2)10-23(9-8-17(16,25)11-26-3)14(24)12-6-4-5-7-13(12)27-18(21,22)15(19)20/h4-7,15,25H,8-11H2,1-3H3/t17-/m1/s1. The molecule has 1 saturated heterocycles. The van der Waals surface area contributed by atoms with E-state index in [1.807, 2.05) is 0 Å². The third-order valence-corrected chi connectivity index (χ3v) is 4.93. The fraction of sp³-hybridized carbons (Fsp3) is 0.611. The molecule has 1 aliphatic heterocycles. The number of carbonyl (C=O) groups excluding carboxylic acids is 1. The van der Waals surface area contributed by atoms with Crippen LogP contribution in [0.25, 0.3) is 0 Å². The summed E-state index contributed by atoms with van der Waals surface area (Å²) < 4.78 is 60.6. The second-order valence-electron chi connectivity index (χ2n) is 7.29. The van der Waals surface area contributed by atoms with Crippen molar-refractivity contribution < 1.29 is 36.9 Å². The summed E-state index contributed by atoms with van der Waals surface area (Å²) in [5.74, 6) is -1.26. The number of hydrogen-bond donors (Lipinski definition) is 1. The zero-order chi connectivity index (χ0) is 20.5. The highest BCUT2D eigenvalue weighted by molar-refractivity contribution is 5.97. The summed E-state index contributed by atoms with van der Waals surface area (Å²) in [6.45, 7) is 3.90. The maximum Gasteiger partial charge on any atom is 0.461 e. The molecule has 0 bridgehead atoms. The summed E-state index contributed by atoms with van der Waals surface area (Å²) in [5.41, 5.74) is -2.14. The first-order valence-electron chi connectivity index (χ1n) is 8.38. The highest BCUT2D eigenvalue weighted by Crippen LogP contribution is 2.40. The van der Waals surface area contributed by atoms with Crippen molar-refractivity contribution in [1.82, 2.24) is 4.90 Å². The lowest BCUT2D eigenvalue weighted by molar-refractivity contribution is -0.253. The molecule has 1 aromatic carbocycles. The number of ether oxygens (including phenoxy) is 2. The van der Waals surface area contributed by atoms with Crippen LogP contribution in [0.2, 0.25) is 0 Å². The van der Waals surface area contributed by atoms with Crippen LogP contribution in [0, 0.1) is 5.41 Å². The molecule has 0 unspecified atom stereocenters. The van der Waals surface area contributed by atoms with E-state index in [0.29, 0.717) is 0 Å². The smallest absolute Gasteiger partial charge is 0.427 e. The first-order valence-corrected chi connectivity index (χ1v) is 8.38. The monoisotopic (exact) mass is 393 g/mol. The number of hydrogen-bond acceptors (Lipinski definition) is 4. The molecule has 1 amide bonds. The van der Waals surface area contributed by atoms with Gasteiger partial charge in [-0.15, -0.1) is 0 Å². The van der Waals surface area contributed by atoms with E-state index in [0.717, 1.165) is 6.07 Å². The summed E-state index contributed by atoms with van der Waals surface area (Å²) in [5, 5.41) is 10.8. The summed E-state index contributed by atoms with van der Waals surface area (Å²) in [7, 11) is 1.46. The molecule has 1 N–H and O–H groups in total. The van der Waals surface area contributed by atoms with Crippen LogP contribution in [0.1, 0.15) is 30.6 Å². The highest BCUT2D eigenvalue weighted by atomic mass is 19.3. The third kappa shape index (κ3) is 4.35. The lowest BCUT2D eigenvalue weighted by Crippen LogP contribution is -2.60. The average molecular weight is 393 g/mol. The Labute approximate surface area is 154 Å². The number of alkyl halides is 4. The minimum atomic E-state index is -4.71. The van der Waals surface area contributed by atoms with Gasteiger partial charge >= 0.3 is 12.5 Å². The number of carbonyl (C=O) groups is 1. The van der Waals surface area contributed by atoms with Crippen molar-refractivity contribution in [2.24, 2.45) is 5.41 Å². The zero-order valence-electron chi connectivity index (χ0n) is 15.3. The van der Waals surface area contributed by atoms with Gasteiger partial charge in [0.25, 0.3) is 5.91 Å². The third-order valence-electron chi connectivity index (χ3n) is 4.93. The summed E-state index contributed by atoms with van der Waals surface area (Å²) >= 11 is 0. The minimum Gasteiger partial charge on any atom is -0.427 e. The van der Waals surface area contributed by atoms with Gasteiger partial charge in [0, 0.05) is 25.6 Å². The SMILES string of the molecule is COC[C@]1(O)CCN(C(=O)c2ccccc2OC(F)(F)C(F)F)CC1(C)C. The van der Waals surface area contributed by atoms with E-state index in [1.165, 1.54) is 30.2 Å². The normalized spacial score (nSPS) is 22.8. The van der Waals surface area contributed by atoms with Crippen LogP contribution in [-0.4, -0.2) is 60.9 Å². The number of likely N-dealkylation sites (tertiary alicyclic amines) is 1. The number of aliphatic hydroxyl groups is 1. The number of nitrogens with zero attached hydrogens (tertiary/aromatic N) is 1. The fourth-order valence-corrected chi connectivity index (χ4v) is 3.14. The lowest BCUT2D eigenvalue weighted by Gasteiger charge is -2.50. The average Bonchev–Trinajstić information content (AvgIpc) is 2.57. The van der Waals surface area contributed by atoms with Gasteiger partial charge in [0.1, 0.15) is 5.75 Å². The van der Waals surface area contributed by atoms with Crippen molar-refractivity contribution >= 4 is 5.91 Å². The fourth-order valence-electron chi connectivity index (χ4n) is 3.14. The topological polar surface area (TPSA) is 59.0 Å². The molecule has 1 atom stereocenters. The quantitative estimate of drug-likeness (QED) is 0.755. The number of rotatable bonds is 6. The number of piperidine rings is 1. The van der Waals surface area contributed by atoms with Crippen LogP contribution in [-0.2, 0) is 4.74 Å². The van der Waals surface area contributed by atoms with E-state index in [9.17, 15) is 27.5 Å². The van der Waals surface area contributed by atoms with E-state index in [-0.39, 0.29) is 31.7 Å².